The number of cyclic esters (lactones) is 1. The highest BCUT2D eigenvalue weighted by Crippen LogP contribution is 2.26. The maximum absolute atomic E-state index is 12.9. The number of hydrogen-bond acceptors (Lipinski definition) is 5. The molecule has 0 aromatic heterocycles. The molecule has 3 N–H and O–H groups in total. The van der Waals surface area contributed by atoms with Crippen LogP contribution in [0.1, 0.15) is 70.0 Å². The van der Waals surface area contributed by atoms with Crippen molar-refractivity contribution >= 4 is 11.7 Å². The van der Waals surface area contributed by atoms with Gasteiger partial charge in [0.15, 0.2) is 0 Å². The minimum atomic E-state index is -0.616. The SMILES string of the molecule is CC/C(O)=C\C(O)=C1/CCC(=N)CCCC/C=C/CC(c2ccccc2)OC1=O. The number of ether oxygens (including phenoxy) is 1. The van der Waals surface area contributed by atoms with Crippen molar-refractivity contribution in [1.29, 1.82) is 5.41 Å². The Balaban J connectivity index is 2.35. The average molecular weight is 398 g/mol. The van der Waals surface area contributed by atoms with Gasteiger partial charge in [-0.05, 0) is 44.1 Å². The smallest absolute Gasteiger partial charge is 0.338 e. The van der Waals surface area contributed by atoms with Crippen molar-refractivity contribution in [1.82, 2.24) is 0 Å². The zero-order valence-electron chi connectivity index (χ0n) is 17.1. The first-order chi connectivity index (χ1) is 14.0. The molecular weight excluding hydrogens is 366 g/mol. The van der Waals surface area contributed by atoms with Crippen molar-refractivity contribution < 1.29 is 19.7 Å². The number of hydrogen-bond donors (Lipinski definition) is 3. The lowest BCUT2D eigenvalue weighted by atomic mass is 10.0. The normalized spacial score (nSPS) is 23.1. The van der Waals surface area contributed by atoms with Crippen molar-refractivity contribution in [2.45, 2.75) is 64.4 Å². The van der Waals surface area contributed by atoms with Crippen molar-refractivity contribution in [3.63, 3.8) is 0 Å². The molecule has 0 radical (unpaired) electrons. The fourth-order valence-corrected chi connectivity index (χ4v) is 3.14. The molecule has 1 atom stereocenters. The molecule has 5 heteroatoms. The minimum Gasteiger partial charge on any atom is -0.512 e. The van der Waals surface area contributed by atoms with E-state index in [1.807, 2.05) is 36.4 Å². The van der Waals surface area contributed by atoms with Crippen molar-refractivity contribution in [2.24, 2.45) is 0 Å². The van der Waals surface area contributed by atoms with Gasteiger partial charge in [0.1, 0.15) is 11.9 Å². The molecule has 0 spiro atoms. The second-order valence-electron chi connectivity index (χ2n) is 7.21. The van der Waals surface area contributed by atoms with E-state index in [-0.39, 0.29) is 23.5 Å². The van der Waals surface area contributed by atoms with E-state index in [9.17, 15) is 15.0 Å². The van der Waals surface area contributed by atoms with Crippen molar-refractivity contribution in [3.8, 4) is 0 Å². The highest BCUT2D eigenvalue weighted by Gasteiger charge is 2.22. The molecule has 0 saturated heterocycles. The predicted molar refractivity (Wildman–Crippen MR) is 115 cm³/mol. The van der Waals surface area contributed by atoms with Crippen molar-refractivity contribution in [2.75, 3.05) is 0 Å². The zero-order valence-corrected chi connectivity index (χ0v) is 17.1. The summed E-state index contributed by atoms with van der Waals surface area (Å²) in [6.45, 7) is 1.75. The van der Waals surface area contributed by atoms with Gasteiger partial charge in [-0.15, -0.1) is 0 Å². The van der Waals surface area contributed by atoms with E-state index >= 15 is 0 Å². The average Bonchev–Trinajstić information content (AvgIpc) is 2.72. The van der Waals surface area contributed by atoms with Crippen LogP contribution in [-0.4, -0.2) is 21.9 Å². The van der Waals surface area contributed by atoms with E-state index in [0.29, 0.717) is 31.4 Å². The van der Waals surface area contributed by atoms with Crippen molar-refractivity contribution in [3.05, 3.63) is 71.2 Å². The first kappa shape index (κ1) is 22.5. The first-order valence-electron chi connectivity index (χ1n) is 10.3. The van der Waals surface area contributed by atoms with Gasteiger partial charge in [0.25, 0.3) is 0 Å². The second-order valence-corrected chi connectivity index (χ2v) is 7.21. The summed E-state index contributed by atoms with van der Waals surface area (Å²) in [7, 11) is 0. The Kier molecular flexibility index (Phi) is 9.22. The number of rotatable bonds is 3. The molecule has 29 heavy (non-hydrogen) atoms. The Morgan fingerprint density at radius 1 is 1.14 bits per heavy atom. The Hall–Kier alpha value is -2.82. The van der Waals surface area contributed by atoms with E-state index in [0.717, 1.165) is 24.8 Å². The minimum absolute atomic E-state index is 0.0141. The number of nitrogens with one attached hydrogen (secondary N) is 1. The fraction of sp³-hybridized carbons (Fsp3) is 0.417. The second kappa shape index (κ2) is 11.9. The van der Waals surface area contributed by atoms with Gasteiger partial charge >= 0.3 is 5.97 Å². The van der Waals surface area contributed by atoms with E-state index in [2.05, 4.69) is 6.08 Å². The monoisotopic (exact) mass is 397 g/mol. The van der Waals surface area contributed by atoms with Crippen LogP contribution >= 0.6 is 0 Å². The third-order valence-corrected chi connectivity index (χ3v) is 4.93. The Bertz CT molecular complexity index is 777. The summed E-state index contributed by atoms with van der Waals surface area (Å²) >= 11 is 0. The number of benzene rings is 1. The Morgan fingerprint density at radius 2 is 1.90 bits per heavy atom. The molecule has 5 nitrogen and oxygen atoms in total. The third-order valence-electron chi connectivity index (χ3n) is 4.93. The number of esters is 1. The van der Waals surface area contributed by atoms with Gasteiger partial charge in [0.2, 0.25) is 0 Å². The standard InChI is InChI=1S/C24H31NO4/c1-2-20(26)17-22(27)21-16-15-19(25)13-9-4-3-5-10-14-23(29-24(21)28)18-11-7-6-8-12-18/h5-8,10-12,17,23,25-27H,2-4,9,13-16H2,1H3/b10-5+,20-17+,22-21-,25-19?. The lowest BCUT2D eigenvalue weighted by Gasteiger charge is -2.19. The lowest BCUT2D eigenvalue weighted by Crippen LogP contribution is -2.16. The molecule has 1 aliphatic rings. The molecule has 0 bridgehead atoms. The van der Waals surface area contributed by atoms with Crippen LogP contribution in [-0.2, 0) is 9.53 Å². The number of aliphatic hydroxyl groups excluding tert-OH is 2. The molecule has 156 valence electrons. The van der Waals surface area contributed by atoms with Gasteiger partial charge in [-0.1, -0.05) is 49.4 Å². The quantitative estimate of drug-likeness (QED) is 0.243. The van der Waals surface area contributed by atoms with Crippen LogP contribution in [0.15, 0.2) is 65.7 Å². The lowest BCUT2D eigenvalue weighted by molar-refractivity contribution is -0.145. The van der Waals surface area contributed by atoms with Crippen LogP contribution in [0.4, 0.5) is 0 Å². The Labute approximate surface area is 172 Å². The van der Waals surface area contributed by atoms with E-state index in [4.69, 9.17) is 10.1 Å². The summed E-state index contributed by atoms with van der Waals surface area (Å²) in [6.07, 6.45) is 9.88. The first-order valence-corrected chi connectivity index (χ1v) is 10.3. The molecule has 0 fully saturated rings. The highest BCUT2D eigenvalue weighted by atomic mass is 16.5. The summed E-state index contributed by atoms with van der Waals surface area (Å²) < 4.78 is 5.78. The van der Waals surface area contributed by atoms with Gasteiger partial charge in [-0.3, -0.25) is 0 Å². The molecule has 1 unspecified atom stereocenters. The van der Waals surface area contributed by atoms with Gasteiger partial charge in [0, 0.05) is 24.6 Å². The molecule has 2 rings (SSSR count). The van der Waals surface area contributed by atoms with E-state index in [1.165, 1.54) is 6.08 Å². The Morgan fingerprint density at radius 3 is 2.62 bits per heavy atom. The summed E-state index contributed by atoms with van der Waals surface area (Å²) in [6, 6.07) is 9.53. The fourth-order valence-electron chi connectivity index (χ4n) is 3.14. The molecule has 1 aliphatic heterocycles. The molecule has 0 saturated carbocycles. The largest absolute Gasteiger partial charge is 0.512 e. The number of carbonyl (C=O) groups excluding carboxylic acids is 1. The molecule has 0 amide bonds. The molecule has 1 heterocycles. The number of allylic oxidation sites excluding steroid dienone is 3. The molecule has 0 aliphatic carbocycles. The molecule has 1 aromatic carbocycles. The van der Waals surface area contributed by atoms with Crippen LogP contribution in [0, 0.1) is 5.41 Å². The third kappa shape index (κ3) is 7.60. The van der Waals surface area contributed by atoms with Crippen LogP contribution in [0.3, 0.4) is 0 Å². The van der Waals surface area contributed by atoms with Gasteiger partial charge in [0.05, 0.1) is 11.3 Å². The van der Waals surface area contributed by atoms with E-state index < -0.39 is 12.1 Å². The van der Waals surface area contributed by atoms with Gasteiger partial charge in [-0.2, -0.15) is 0 Å². The maximum atomic E-state index is 12.9. The van der Waals surface area contributed by atoms with E-state index in [1.54, 1.807) is 6.92 Å². The van der Waals surface area contributed by atoms with Crippen LogP contribution in [0.25, 0.3) is 0 Å². The number of aliphatic hydroxyl groups is 2. The zero-order chi connectivity index (χ0) is 21.1. The molecule has 1 aromatic rings. The summed E-state index contributed by atoms with van der Waals surface area (Å²) in [5.41, 5.74) is 1.53. The van der Waals surface area contributed by atoms with Gasteiger partial charge < -0.3 is 20.4 Å². The van der Waals surface area contributed by atoms with Gasteiger partial charge in [-0.25, -0.2) is 4.79 Å². The van der Waals surface area contributed by atoms with Crippen LogP contribution in [0.2, 0.25) is 0 Å². The topological polar surface area (TPSA) is 90.6 Å². The summed E-state index contributed by atoms with van der Waals surface area (Å²) in [5, 5.41) is 28.3. The molecular formula is C24H31NO4. The highest BCUT2D eigenvalue weighted by molar-refractivity contribution is 5.91. The predicted octanol–water partition coefficient (Wildman–Crippen LogP) is 6.26. The maximum Gasteiger partial charge on any atom is 0.338 e. The van der Waals surface area contributed by atoms with Crippen LogP contribution < -0.4 is 0 Å². The summed E-state index contributed by atoms with van der Waals surface area (Å²) in [4.78, 5) is 12.9. The van der Waals surface area contributed by atoms with Crippen LogP contribution in [0.5, 0.6) is 0 Å². The number of carbonyl (C=O) groups is 1. The summed E-state index contributed by atoms with van der Waals surface area (Å²) in [5.74, 6) is -0.925.